The van der Waals surface area contributed by atoms with Gasteiger partial charge in [-0.05, 0) is 25.7 Å². The van der Waals surface area contributed by atoms with Crippen molar-refractivity contribution in [3.05, 3.63) is 0 Å². The van der Waals surface area contributed by atoms with Gasteiger partial charge in [0, 0.05) is 19.1 Å². The second kappa shape index (κ2) is 7.46. The highest BCUT2D eigenvalue weighted by Gasteiger charge is 2.22. The highest BCUT2D eigenvalue weighted by molar-refractivity contribution is 7.90. The average Bonchev–Trinajstić information content (AvgIpc) is 2.34. The second-order valence-electron chi connectivity index (χ2n) is 5.77. The van der Waals surface area contributed by atoms with E-state index in [1.807, 2.05) is 13.8 Å². The average molecular weight is 276 g/mol. The van der Waals surface area contributed by atoms with Crippen LogP contribution in [-0.4, -0.2) is 32.8 Å². The van der Waals surface area contributed by atoms with Gasteiger partial charge in [0.15, 0.2) is 0 Å². The molecule has 0 bridgehead atoms. The monoisotopic (exact) mass is 276 g/mol. The highest BCUT2D eigenvalue weighted by Crippen LogP contribution is 2.23. The van der Waals surface area contributed by atoms with Crippen LogP contribution in [0.4, 0.5) is 0 Å². The minimum absolute atomic E-state index is 0.320. The predicted octanol–water partition coefficient (Wildman–Crippen LogP) is 1.87. The van der Waals surface area contributed by atoms with Gasteiger partial charge in [-0.25, -0.2) is 13.1 Å². The normalized spacial score (nSPS) is 20.2. The lowest BCUT2D eigenvalue weighted by atomic mass is 9.90. The van der Waals surface area contributed by atoms with Crippen molar-refractivity contribution in [2.24, 2.45) is 5.92 Å². The topological polar surface area (TPSA) is 58.2 Å². The van der Waals surface area contributed by atoms with Crippen molar-refractivity contribution in [1.82, 2.24) is 10.0 Å². The van der Waals surface area contributed by atoms with Gasteiger partial charge in [0.1, 0.15) is 0 Å². The summed E-state index contributed by atoms with van der Waals surface area (Å²) in [6.45, 7) is 6.94. The lowest BCUT2D eigenvalue weighted by Gasteiger charge is -2.23. The van der Waals surface area contributed by atoms with Gasteiger partial charge in [0.25, 0.3) is 0 Å². The Balaban J connectivity index is 2.33. The van der Waals surface area contributed by atoms with Crippen LogP contribution < -0.4 is 10.0 Å². The van der Waals surface area contributed by atoms with Crippen LogP contribution in [0.2, 0.25) is 0 Å². The van der Waals surface area contributed by atoms with Gasteiger partial charge >= 0.3 is 0 Å². The molecule has 0 aromatic carbocycles. The number of hydrogen-bond acceptors (Lipinski definition) is 3. The third kappa shape index (κ3) is 5.67. The van der Waals surface area contributed by atoms with Crippen molar-refractivity contribution < 1.29 is 8.42 Å². The van der Waals surface area contributed by atoms with Gasteiger partial charge in [-0.15, -0.1) is 0 Å². The molecule has 0 saturated heterocycles. The quantitative estimate of drug-likeness (QED) is 0.746. The first kappa shape index (κ1) is 15.9. The van der Waals surface area contributed by atoms with Gasteiger partial charge in [0.05, 0.1) is 5.25 Å². The maximum absolute atomic E-state index is 12.0. The van der Waals surface area contributed by atoms with Crippen molar-refractivity contribution in [2.45, 2.75) is 64.2 Å². The van der Waals surface area contributed by atoms with Gasteiger partial charge in [-0.2, -0.15) is 0 Å². The van der Waals surface area contributed by atoms with Crippen LogP contribution in [0.15, 0.2) is 0 Å². The molecule has 1 aliphatic carbocycles. The Morgan fingerprint density at radius 3 is 2.28 bits per heavy atom. The van der Waals surface area contributed by atoms with Crippen LogP contribution in [0.1, 0.15) is 52.9 Å². The molecule has 0 spiro atoms. The van der Waals surface area contributed by atoms with Crippen LogP contribution >= 0.6 is 0 Å². The van der Waals surface area contributed by atoms with Crippen molar-refractivity contribution in [3.63, 3.8) is 0 Å². The first-order valence-corrected chi connectivity index (χ1v) is 8.68. The fourth-order valence-corrected chi connectivity index (χ4v) is 3.35. The third-order valence-corrected chi connectivity index (χ3v) is 5.44. The molecule has 5 heteroatoms. The predicted molar refractivity (Wildman–Crippen MR) is 76.1 cm³/mol. The van der Waals surface area contributed by atoms with E-state index in [0.29, 0.717) is 25.0 Å². The Hall–Kier alpha value is -0.130. The van der Waals surface area contributed by atoms with Gasteiger partial charge in [0.2, 0.25) is 10.0 Å². The molecule has 1 atom stereocenters. The molecule has 0 radical (unpaired) electrons. The van der Waals surface area contributed by atoms with Crippen molar-refractivity contribution in [1.29, 1.82) is 0 Å². The Morgan fingerprint density at radius 2 is 1.72 bits per heavy atom. The van der Waals surface area contributed by atoms with E-state index in [4.69, 9.17) is 0 Å². The number of nitrogens with one attached hydrogen (secondary N) is 2. The van der Waals surface area contributed by atoms with Crippen molar-refractivity contribution in [2.75, 3.05) is 13.1 Å². The summed E-state index contributed by atoms with van der Waals surface area (Å²) in [4.78, 5) is 0. The van der Waals surface area contributed by atoms with Crippen LogP contribution in [0.5, 0.6) is 0 Å². The van der Waals surface area contributed by atoms with E-state index in [9.17, 15) is 8.42 Å². The Labute approximate surface area is 112 Å². The molecular formula is C13H28N2O2S. The summed E-state index contributed by atoms with van der Waals surface area (Å²) in [5.41, 5.74) is 0. The molecule has 108 valence electrons. The van der Waals surface area contributed by atoms with Crippen molar-refractivity contribution >= 4 is 10.0 Å². The van der Waals surface area contributed by atoms with E-state index in [1.165, 1.54) is 32.1 Å². The molecular weight excluding hydrogens is 248 g/mol. The molecule has 0 aliphatic heterocycles. The van der Waals surface area contributed by atoms with Crippen LogP contribution in [-0.2, 0) is 10.0 Å². The molecule has 2 N–H and O–H groups in total. The molecule has 1 saturated carbocycles. The highest BCUT2D eigenvalue weighted by atomic mass is 32.2. The molecule has 4 nitrogen and oxygen atoms in total. The molecule has 18 heavy (non-hydrogen) atoms. The second-order valence-corrected chi connectivity index (χ2v) is 7.95. The molecule has 0 aromatic rings. The maximum Gasteiger partial charge on any atom is 0.215 e. The van der Waals surface area contributed by atoms with Gasteiger partial charge < -0.3 is 5.32 Å². The zero-order valence-electron chi connectivity index (χ0n) is 11.9. The van der Waals surface area contributed by atoms with E-state index < -0.39 is 10.0 Å². The summed E-state index contributed by atoms with van der Waals surface area (Å²) < 4.78 is 26.9. The van der Waals surface area contributed by atoms with Crippen LogP contribution in [0.3, 0.4) is 0 Å². The zero-order chi connectivity index (χ0) is 13.6. The van der Waals surface area contributed by atoms with E-state index in [2.05, 4.69) is 10.0 Å². The number of sulfonamides is 1. The summed E-state index contributed by atoms with van der Waals surface area (Å²) in [6, 6.07) is 0.320. The third-order valence-electron chi connectivity index (χ3n) is 3.64. The van der Waals surface area contributed by atoms with Crippen LogP contribution in [0, 0.1) is 5.92 Å². The number of rotatable bonds is 7. The fraction of sp³-hybridized carbons (Fsp3) is 1.00. The molecule has 1 rings (SSSR count). The standard InChI is InChI=1S/C13H28N2O2S/c1-11(2)14-9-12(3)18(16,17)15-10-13-7-5-4-6-8-13/h11-15H,4-10H2,1-3H3. The minimum Gasteiger partial charge on any atom is -0.313 e. The lowest BCUT2D eigenvalue weighted by molar-refractivity contribution is 0.356. The van der Waals surface area contributed by atoms with Gasteiger partial charge in [-0.3, -0.25) is 0 Å². The van der Waals surface area contributed by atoms with E-state index in [0.717, 1.165) is 0 Å². The zero-order valence-corrected chi connectivity index (χ0v) is 12.7. The summed E-state index contributed by atoms with van der Waals surface area (Å²) in [7, 11) is -3.17. The smallest absolute Gasteiger partial charge is 0.215 e. The van der Waals surface area contributed by atoms with Gasteiger partial charge in [-0.1, -0.05) is 33.1 Å². The molecule has 1 aliphatic rings. The molecule has 1 fully saturated rings. The molecule has 0 aromatic heterocycles. The molecule has 0 heterocycles. The Morgan fingerprint density at radius 1 is 1.11 bits per heavy atom. The van der Waals surface area contributed by atoms with E-state index >= 15 is 0 Å². The first-order chi connectivity index (χ1) is 8.42. The maximum atomic E-state index is 12.0. The lowest BCUT2D eigenvalue weighted by Crippen LogP contribution is -2.42. The minimum atomic E-state index is -3.17. The van der Waals surface area contributed by atoms with E-state index in [1.54, 1.807) is 6.92 Å². The summed E-state index contributed by atoms with van der Waals surface area (Å²) in [5, 5.41) is 2.80. The number of hydrogen-bond donors (Lipinski definition) is 2. The largest absolute Gasteiger partial charge is 0.313 e. The summed E-state index contributed by atoms with van der Waals surface area (Å²) in [6.07, 6.45) is 6.13. The van der Waals surface area contributed by atoms with Crippen LogP contribution in [0.25, 0.3) is 0 Å². The SMILES string of the molecule is CC(C)NCC(C)S(=O)(=O)NCC1CCCCC1. The fourth-order valence-electron chi connectivity index (χ4n) is 2.28. The Bertz CT molecular complexity index is 322. The molecule has 1 unspecified atom stereocenters. The summed E-state index contributed by atoms with van der Waals surface area (Å²) in [5.74, 6) is 0.541. The molecule has 0 amide bonds. The van der Waals surface area contributed by atoms with E-state index in [-0.39, 0.29) is 5.25 Å². The summed E-state index contributed by atoms with van der Waals surface area (Å²) >= 11 is 0. The van der Waals surface area contributed by atoms with Crippen molar-refractivity contribution in [3.8, 4) is 0 Å². The Kier molecular flexibility index (Phi) is 6.60. The first-order valence-electron chi connectivity index (χ1n) is 7.13.